The van der Waals surface area contributed by atoms with E-state index in [-0.39, 0.29) is 16.9 Å². The molecule has 0 spiro atoms. The Kier molecular flexibility index (Phi) is 2.54. The van der Waals surface area contributed by atoms with Crippen LogP contribution in [-0.4, -0.2) is 23.4 Å². The summed E-state index contributed by atoms with van der Waals surface area (Å²) in [4.78, 5) is 11.4. The van der Waals surface area contributed by atoms with Crippen molar-refractivity contribution in [3.05, 3.63) is 23.5 Å². The van der Waals surface area contributed by atoms with Gasteiger partial charge in [0, 0.05) is 17.6 Å². The quantitative estimate of drug-likeness (QED) is 0.599. The molecular weight excluding hydrogens is 198 g/mol. The van der Waals surface area contributed by atoms with Crippen LogP contribution in [0.15, 0.2) is 12.3 Å². The van der Waals surface area contributed by atoms with E-state index >= 15 is 0 Å². The van der Waals surface area contributed by atoms with Crippen molar-refractivity contribution in [1.29, 1.82) is 0 Å². The van der Waals surface area contributed by atoms with Gasteiger partial charge in [-0.25, -0.2) is 15.7 Å². The van der Waals surface area contributed by atoms with E-state index < -0.39 is 0 Å². The molecule has 0 aromatic carbocycles. The monoisotopic (exact) mass is 213 g/mol. The number of carbonyl (C=O) groups excluding carboxylic acids is 1. The van der Waals surface area contributed by atoms with Crippen LogP contribution in [0.3, 0.4) is 0 Å². The summed E-state index contributed by atoms with van der Waals surface area (Å²) in [5.41, 5.74) is 1.98. The molecule has 1 aliphatic heterocycles. The normalized spacial score (nSPS) is 22.0. The number of hydrogen-bond donors (Lipinski definition) is 1. The number of thiol groups is 1. The molecule has 4 heteroatoms. The van der Waals surface area contributed by atoms with Crippen molar-refractivity contribution >= 4 is 16.9 Å². The van der Waals surface area contributed by atoms with Crippen molar-refractivity contribution < 1.29 is 9.53 Å². The molecule has 78 valence electrons. The Balaban J connectivity index is 2.16. The molecule has 0 amide bonds. The molecule has 0 fully saturated rings. The van der Waals surface area contributed by atoms with Crippen LogP contribution in [0, 0.1) is 0 Å². The molecule has 2 heterocycles. The van der Waals surface area contributed by atoms with Crippen LogP contribution in [0.5, 0.6) is 0 Å². The number of ether oxygens (including phenoxy) is 1. The molecule has 1 atom stereocenters. The van der Waals surface area contributed by atoms with Crippen molar-refractivity contribution in [2.75, 3.05) is 12.9 Å². The van der Waals surface area contributed by atoms with Crippen LogP contribution in [0.1, 0.15) is 23.0 Å². The zero-order valence-corrected chi connectivity index (χ0v) is 9.38. The predicted octanol–water partition coefficient (Wildman–Crippen LogP) is 1.77. The molecule has 0 radical (unpaired) electrons. The third-order valence-electron chi connectivity index (χ3n) is 2.32. The van der Waals surface area contributed by atoms with E-state index in [1.54, 1.807) is 0 Å². The first-order valence-corrected chi connectivity index (χ1v) is 6.91. The molecule has 1 unspecified atom stereocenters. The fourth-order valence-electron chi connectivity index (χ4n) is 1.73. The van der Waals surface area contributed by atoms with Crippen LogP contribution >= 0.6 is 10.9 Å². The number of nitrogens with zero attached hydrogens (tertiary/aromatic N) is 1. The molecule has 0 aliphatic carbocycles. The van der Waals surface area contributed by atoms with Crippen molar-refractivity contribution in [3.63, 3.8) is 0 Å². The number of rotatable bonds is 2. The van der Waals surface area contributed by atoms with Gasteiger partial charge in [0.2, 0.25) is 0 Å². The second-order valence-corrected chi connectivity index (χ2v) is 5.88. The zero-order valence-electron chi connectivity index (χ0n) is 8.49. The van der Waals surface area contributed by atoms with E-state index in [1.165, 1.54) is 5.69 Å². The molecule has 0 saturated heterocycles. The highest BCUT2D eigenvalue weighted by atomic mass is 32.2. The lowest BCUT2D eigenvalue weighted by Gasteiger charge is -2.04. The number of fused-ring (bicyclic) bond motifs is 1. The van der Waals surface area contributed by atoms with E-state index in [0.29, 0.717) is 12.2 Å². The Labute approximate surface area is 86.4 Å². The molecule has 1 aliphatic rings. The van der Waals surface area contributed by atoms with Gasteiger partial charge in [-0.1, -0.05) is 0 Å². The van der Waals surface area contributed by atoms with Crippen molar-refractivity contribution in [2.24, 2.45) is 0 Å². The van der Waals surface area contributed by atoms with Gasteiger partial charge in [-0.05, 0) is 19.2 Å². The van der Waals surface area contributed by atoms with Crippen molar-refractivity contribution in [2.45, 2.75) is 18.6 Å². The Morgan fingerprint density at radius 3 is 3.14 bits per heavy atom. The third-order valence-corrected chi connectivity index (χ3v) is 3.97. The average molecular weight is 213 g/mol. The molecule has 3 nitrogen and oxygen atoms in total. The maximum Gasteiger partial charge on any atom is 0.339 e. The van der Waals surface area contributed by atoms with E-state index in [0.717, 1.165) is 11.6 Å². The Morgan fingerprint density at radius 2 is 2.50 bits per heavy atom. The van der Waals surface area contributed by atoms with Gasteiger partial charge in [0.15, 0.2) is 0 Å². The second kappa shape index (κ2) is 3.69. The third kappa shape index (κ3) is 1.66. The summed E-state index contributed by atoms with van der Waals surface area (Å²) in [7, 11) is 0.116. The summed E-state index contributed by atoms with van der Waals surface area (Å²) in [5.74, 6) is 2.02. The lowest BCUT2D eigenvalue weighted by atomic mass is 10.3. The standard InChI is InChI=1S/C10H15NO2S/c1-3-13-10(12)8-4-9-6-14(2)7-11(9)5-8/h4-5,14H,3,6-7H2,1-2H3. The van der Waals surface area contributed by atoms with Crippen LogP contribution in [0.25, 0.3) is 0 Å². The molecule has 1 aromatic heterocycles. The molecular formula is C10H15NO2S. The summed E-state index contributed by atoms with van der Waals surface area (Å²) < 4.78 is 7.12. The van der Waals surface area contributed by atoms with Crippen LogP contribution in [0.2, 0.25) is 0 Å². The highest BCUT2D eigenvalue weighted by Gasteiger charge is 2.18. The SMILES string of the molecule is CCOC(=O)c1cc2n(c1)C[SH](C)C2. The van der Waals surface area contributed by atoms with E-state index in [9.17, 15) is 4.79 Å². The van der Waals surface area contributed by atoms with Crippen molar-refractivity contribution in [1.82, 2.24) is 4.57 Å². The molecule has 14 heavy (non-hydrogen) atoms. The Morgan fingerprint density at radius 1 is 1.71 bits per heavy atom. The largest absolute Gasteiger partial charge is 0.462 e. The molecule has 0 bridgehead atoms. The van der Waals surface area contributed by atoms with Crippen LogP contribution < -0.4 is 0 Å². The van der Waals surface area contributed by atoms with Gasteiger partial charge in [0.05, 0.1) is 18.0 Å². The Hall–Kier alpha value is -0.900. The molecule has 1 aromatic rings. The Bertz CT molecular complexity index is 336. The minimum atomic E-state index is -0.199. The maximum absolute atomic E-state index is 11.4. The highest BCUT2D eigenvalue weighted by Crippen LogP contribution is 2.36. The first-order chi connectivity index (χ1) is 6.70. The summed E-state index contributed by atoms with van der Waals surface area (Å²) in [6.07, 6.45) is 4.20. The first kappa shape index (κ1) is 9.65. The van der Waals surface area contributed by atoms with Crippen molar-refractivity contribution in [3.8, 4) is 0 Å². The van der Waals surface area contributed by atoms with Gasteiger partial charge in [-0.3, -0.25) is 0 Å². The summed E-state index contributed by atoms with van der Waals surface area (Å²) >= 11 is 0. The first-order valence-electron chi connectivity index (χ1n) is 4.75. The van der Waals surface area contributed by atoms with E-state index in [4.69, 9.17) is 4.74 Å². The van der Waals surface area contributed by atoms with Gasteiger partial charge < -0.3 is 9.30 Å². The molecule has 0 saturated carbocycles. The highest BCUT2D eigenvalue weighted by molar-refractivity contribution is 8.15. The molecule has 0 N–H and O–H groups in total. The lowest BCUT2D eigenvalue weighted by Crippen LogP contribution is -2.03. The van der Waals surface area contributed by atoms with Gasteiger partial charge in [-0.2, -0.15) is 0 Å². The fourth-order valence-corrected chi connectivity index (χ4v) is 3.44. The number of hydrogen-bond acceptors (Lipinski definition) is 2. The van der Waals surface area contributed by atoms with Gasteiger partial charge >= 0.3 is 5.97 Å². The van der Waals surface area contributed by atoms with E-state index in [2.05, 4.69) is 10.8 Å². The fraction of sp³-hybridized carbons (Fsp3) is 0.500. The minimum absolute atomic E-state index is 0.116. The smallest absolute Gasteiger partial charge is 0.339 e. The predicted molar refractivity (Wildman–Crippen MR) is 59.0 cm³/mol. The summed E-state index contributed by atoms with van der Waals surface area (Å²) in [5, 5.41) is 0. The van der Waals surface area contributed by atoms with Crippen LogP contribution in [-0.2, 0) is 16.4 Å². The van der Waals surface area contributed by atoms with Gasteiger partial charge in [-0.15, -0.1) is 0 Å². The van der Waals surface area contributed by atoms with E-state index in [1.807, 2.05) is 19.2 Å². The number of carbonyl (C=O) groups is 1. The number of esters is 1. The summed E-state index contributed by atoms with van der Waals surface area (Å²) in [6.45, 7) is 2.27. The van der Waals surface area contributed by atoms with Gasteiger partial charge in [0.25, 0.3) is 0 Å². The van der Waals surface area contributed by atoms with Crippen LogP contribution in [0.4, 0.5) is 0 Å². The summed E-state index contributed by atoms with van der Waals surface area (Å²) in [6, 6.07) is 1.96. The zero-order chi connectivity index (χ0) is 10.1. The maximum atomic E-state index is 11.4. The van der Waals surface area contributed by atoms with Gasteiger partial charge in [0.1, 0.15) is 0 Å². The second-order valence-electron chi connectivity index (χ2n) is 3.57. The average Bonchev–Trinajstić information content (AvgIpc) is 2.61. The lowest BCUT2D eigenvalue weighted by molar-refractivity contribution is 0.0526. The minimum Gasteiger partial charge on any atom is -0.462 e. The number of aromatic nitrogens is 1. The molecule has 2 rings (SSSR count). The topological polar surface area (TPSA) is 31.2 Å².